The largest absolute Gasteiger partial charge is 0.208 e. The van der Waals surface area contributed by atoms with Crippen molar-refractivity contribution >= 4 is 0 Å². The second-order valence-corrected chi connectivity index (χ2v) is 16.0. The average Bonchev–Trinajstić information content (AvgIpc) is 3.78. The van der Waals surface area contributed by atoms with Gasteiger partial charge in [0.2, 0.25) is 0 Å². The monoisotopic (exact) mass is 741 g/mol. The van der Waals surface area contributed by atoms with Crippen LogP contribution >= 0.6 is 0 Å². The highest BCUT2D eigenvalue weighted by Crippen LogP contribution is 2.51. The molecule has 0 bridgehead atoms. The molecule has 8 aromatic carbocycles. The molecule has 11 rings (SSSR count). The summed E-state index contributed by atoms with van der Waals surface area (Å²) in [5.74, 6) is 1.96. The van der Waals surface area contributed by atoms with Gasteiger partial charge in [-0.25, -0.2) is 15.0 Å². The predicted molar refractivity (Wildman–Crippen MR) is 238 cm³/mol. The second kappa shape index (κ2) is 13.5. The van der Waals surface area contributed by atoms with Gasteiger partial charge in [-0.1, -0.05) is 178 Å². The molecule has 1 heterocycles. The van der Waals surface area contributed by atoms with Crippen molar-refractivity contribution in [3.05, 3.63) is 210 Å². The molecule has 274 valence electrons. The molecule has 3 nitrogen and oxygen atoms in total. The third-order valence-corrected chi connectivity index (χ3v) is 12.2. The van der Waals surface area contributed by atoms with E-state index in [9.17, 15) is 0 Å². The van der Waals surface area contributed by atoms with Gasteiger partial charge in [-0.15, -0.1) is 0 Å². The fraction of sp³-hybridized carbons (Fsp3) is 0.0727. The molecule has 1 aromatic heterocycles. The lowest BCUT2D eigenvalue weighted by atomic mass is 9.81. The molecule has 0 atom stereocenters. The number of hydrogen-bond donors (Lipinski definition) is 0. The predicted octanol–water partition coefficient (Wildman–Crippen LogP) is 13.8. The first kappa shape index (κ1) is 34.1. The molecule has 0 amide bonds. The number of rotatable bonds is 6. The Morgan fingerprint density at radius 2 is 0.793 bits per heavy atom. The van der Waals surface area contributed by atoms with Crippen molar-refractivity contribution in [1.82, 2.24) is 15.0 Å². The van der Waals surface area contributed by atoms with Crippen LogP contribution in [0.2, 0.25) is 0 Å². The maximum absolute atomic E-state index is 5.08. The lowest BCUT2D eigenvalue weighted by Gasteiger charge is -2.22. The Balaban J connectivity index is 1.05. The Kier molecular flexibility index (Phi) is 7.90. The first-order valence-electron chi connectivity index (χ1n) is 20.1. The van der Waals surface area contributed by atoms with Crippen molar-refractivity contribution in [2.24, 2.45) is 0 Å². The summed E-state index contributed by atoms with van der Waals surface area (Å²) in [5.41, 5.74) is 21.0. The molecule has 2 aliphatic rings. The average molecular weight is 742 g/mol. The summed E-state index contributed by atoms with van der Waals surface area (Å²) in [6.07, 6.45) is 0.845. The van der Waals surface area contributed by atoms with Crippen LogP contribution < -0.4 is 0 Å². The minimum atomic E-state index is -0.0616. The fourth-order valence-electron chi connectivity index (χ4n) is 9.27. The third-order valence-electron chi connectivity index (χ3n) is 12.2. The third kappa shape index (κ3) is 5.62. The highest BCUT2D eigenvalue weighted by Gasteiger charge is 2.35. The topological polar surface area (TPSA) is 38.7 Å². The minimum Gasteiger partial charge on any atom is -0.208 e. The zero-order valence-corrected chi connectivity index (χ0v) is 32.4. The molecular weight excluding hydrogens is 703 g/mol. The smallest absolute Gasteiger partial charge is 0.164 e. The van der Waals surface area contributed by atoms with Crippen molar-refractivity contribution < 1.29 is 0 Å². The Hall–Kier alpha value is -7.23. The van der Waals surface area contributed by atoms with Crippen LogP contribution in [0.1, 0.15) is 36.1 Å². The van der Waals surface area contributed by atoms with Gasteiger partial charge in [0.05, 0.1) is 0 Å². The normalized spacial score (nSPS) is 13.1. The van der Waals surface area contributed by atoms with Gasteiger partial charge in [-0.05, 0) is 109 Å². The van der Waals surface area contributed by atoms with Gasteiger partial charge in [0, 0.05) is 22.1 Å². The molecule has 9 aromatic rings. The standard InChI is InChI=1S/C55H39N3/c1-55(2)50-27-13-12-24-44(50)45-29-28-39(33-51(45)55)42-25-15-26-43-47-32-41(35-16-6-3-7-17-35)31-46(49(47)34-48(42)43)38-22-14-23-40(30-38)54-57-52(36-18-8-4-9-19-36)56-53(58-54)37-20-10-5-11-21-37/h3-33H,34H2,1-2H3. The molecule has 58 heavy (non-hydrogen) atoms. The van der Waals surface area contributed by atoms with Gasteiger partial charge in [0.25, 0.3) is 0 Å². The number of hydrogen-bond acceptors (Lipinski definition) is 3. The van der Waals surface area contributed by atoms with E-state index in [1.165, 1.54) is 72.3 Å². The molecule has 0 unspecified atom stereocenters. The number of aromatic nitrogens is 3. The molecule has 0 radical (unpaired) electrons. The summed E-state index contributed by atoms with van der Waals surface area (Å²) in [6.45, 7) is 4.72. The summed E-state index contributed by atoms with van der Waals surface area (Å²) in [5, 5.41) is 0. The first-order chi connectivity index (χ1) is 28.5. The highest BCUT2D eigenvalue weighted by molar-refractivity contribution is 5.94. The number of nitrogens with zero attached hydrogens (tertiary/aromatic N) is 3. The van der Waals surface area contributed by atoms with E-state index in [1.807, 2.05) is 36.4 Å². The van der Waals surface area contributed by atoms with Gasteiger partial charge in [0.1, 0.15) is 0 Å². The fourth-order valence-corrected chi connectivity index (χ4v) is 9.27. The van der Waals surface area contributed by atoms with E-state index in [0.29, 0.717) is 17.5 Å². The molecule has 0 N–H and O–H groups in total. The highest BCUT2D eigenvalue weighted by atomic mass is 15.0. The van der Waals surface area contributed by atoms with Crippen molar-refractivity contribution in [1.29, 1.82) is 0 Å². The van der Waals surface area contributed by atoms with Crippen LogP contribution in [-0.4, -0.2) is 15.0 Å². The lowest BCUT2D eigenvalue weighted by molar-refractivity contribution is 0.660. The van der Waals surface area contributed by atoms with Gasteiger partial charge in [0.15, 0.2) is 17.5 Å². The Bertz CT molecular complexity index is 2980. The van der Waals surface area contributed by atoms with Crippen molar-refractivity contribution in [3.8, 4) is 89.8 Å². The van der Waals surface area contributed by atoms with E-state index in [-0.39, 0.29) is 5.41 Å². The molecule has 0 fully saturated rings. The maximum Gasteiger partial charge on any atom is 0.164 e. The molecular formula is C55H39N3. The Labute approximate surface area is 339 Å². The maximum atomic E-state index is 5.08. The summed E-state index contributed by atoms with van der Waals surface area (Å²) in [6, 6.07) is 67.5. The van der Waals surface area contributed by atoms with Crippen molar-refractivity contribution in [2.75, 3.05) is 0 Å². The van der Waals surface area contributed by atoms with Crippen LogP contribution in [0.25, 0.3) is 89.8 Å². The van der Waals surface area contributed by atoms with Gasteiger partial charge < -0.3 is 0 Å². The van der Waals surface area contributed by atoms with Crippen LogP contribution in [0.3, 0.4) is 0 Å². The molecule has 0 saturated carbocycles. The zero-order valence-electron chi connectivity index (χ0n) is 32.4. The van der Waals surface area contributed by atoms with Crippen LogP contribution in [0.15, 0.2) is 188 Å². The van der Waals surface area contributed by atoms with Crippen molar-refractivity contribution in [2.45, 2.75) is 25.7 Å². The van der Waals surface area contributed by atoms with Crippen LogP contribution in [0.5, 0.6) is 0 Å². The van der Waals surface area contributed by atoms with E-state index in [2.05, 4.69) is 166 Å². The summed E-state index contributed by atoms with van der Waals surface area (Å²) in [7, 11) is 0. The summed E-state index contributed by atoms with van der Waals surface area (Å²) >= 11 is 0. The Morgan fingerprint density at radius 3 is 1.50 bits per heavy atom. The molecule has 0 aliphatic heterocycles. The van der Waals surface area contributed by atoms with Crippen LogP contribution in [0, 0.1) is 0 Å². The summed E-state index contributed by atoms with van der Waals surface area (Å²) in [4.78, 5) is 15.1. The van der Waals surface area contributed by atoms with E-state index in [0.717, 1.165) is 28.7 Å². The lowest BCUT2D eigenvalue weighted by Crippen LogP contribution is -2.14. The zero-order chi connectivity index (χ0) is 38.8. The van der Waals surface area contributed by atoms with E-state index in [1.54, 1.807) is 0 Å². The first-order valence-corrected chi connectivity index (χ1v) is 20.1. The second-order valence-electron chi connectivity index (χ2n) is 16.0. The van der Waals surface area contributed by atoms with Gasteiger partial charge in [-0.3, -0.25) is 0 Å². The molecule has 0 saturated heterocycles. The molecule has 0 spiro atoms. The van der Waals surface area contributed by atoms with Crippen LogP contribution in [-0.2, 0) is 11.8 Å². The van der Waals surface area contributed by atoms with Gasteiger partial charge >= 0.3 is 0 Å². The van der Waals surface area contributed by atoms with Crippen molar-refractivity contribution in [3.63, 3.8) is 0 Å². The summed E-state index contributed by atoms with van der Waals surface area (Å²) < 4.78 is 0. The quantitative estimate of drug-likeness (QED) is 0.170. The Morgan fingerprint density at radius 1 is 0.310 bits per heavy atom. The molecule has 2 aliphatic carbocycles. The number of benzene rings is 8. The number of fused-ring (bicyclic) bond motifs is 6. The SMILES string of the molecule is CC1(C)c2ccccc2-c2ccc(-c3cccc4c3Cc3c(-c5cccc(-c6nc(-c7ccccc7)nc(-c7ccccc7)n6)c5)cc(-c5ccccc5)cc3-4)cc21. The molecule has 3 heteroatoms. The van der Waals surface area contributed by atoms with E-state index >= 15 is 0 Å². The minimum absolute atomic E-state index is 0.0616. The van der Waals surface area contributed by atoms with E-state index < -0.39 is 0 Å². The van der Waals surface area contributed by atoms with E-state index in [4.69, 9.17) is 15.0 Å². The van der Waals surface area contributed by atoms with Gasteiger partial charge in [-0.2, -0.15) is 0 Å². The van der Waals surface area contributed by atoms with Crippen LogP contribution in [0.4, 0.5) is 0 Å².